The van der Waals surface area contributed by atoms with Crippen LogP contribution in [0.5, 0.6) is 5.75 Å². The minimum absolute atomic E-state index is 0.173. The summed E-state index contributed by atoms with van der Waals surface area (Å²) in [4.78, 5) is 15.4. The average molecular weight is 359 g/mol. The summed E-state index contributed by atoms with van der Waals surface area (Å²) in [6.07, 6.45) is -3.56. The molecule has 0 saturated carbocycles. The molecule has 0 bridgehead atoms. The Bertz CT molecular complexity index is 549. The lowest BCUT2D eigenvalue weighted by atomic mass is 10.3. The van der Waals surface area contributed by atoms with Gasteiger partial charge in [-0.3, -0.25) is 14.6 Å². The number of carbonyl (C=O) groups is 1. The van der Waals surface area contributed by atoms with E-state index in [9.17, 15) is 18.0 Å². The molecule has 1 amide bonds. The predicted molar refractivity (Wildman–Crippen MR) is 89.8 cm³/mol. The molecular formula is C17H24F3N3O2. The summed E-state index contributed by atoms with van der Waals surface area (Å²) >= 11 is 0. The van der Waals surface area contributed by atoms with Crippen LogP contribution in [0.15, 0.2) is 24.3 Å². The summed E-state index contributed by atoms with van der Waals surface area (Å²) in [7, 11) is 0. The maximum Gasteiger partial charge on any atom is 0.401 e. The summed E-state index contributed by atoms with van der Waals surface area (Å²) < 4.78 is 42.8. The zero-order valence-corrected chi connectivity index (χ0v) is 14.3. The lowest BCUT2D eigenvalue weighted by Crippen LogP contribution is -2.39. The topological polar surface area (TPSA) is 44.8 Å². The number of hydrogen-bond donors (Lipinski definition) is 1. The highest BCUT2D eigenvalue weighted by molar-refractivity contribution is 5.92. The second-order valence-electron chi connectivity index (χ2n) is 6.03. The molecule has 8 heteroatoms. The molecular weight excluding hydrogens is 335 g/mol. The van der Waals surface area contributed by atoms with Gasteiger partial charge in [-0.2, -0.15) is 13.2 Å². The van der Waals surface area contributed by atoms with Crippen LogP contribution in [-0.2, 0) is 4.79 Å². The second-order valence-corrected chi connectivity index (χ2v) is 6.03. The van der Waals surface area contributed by atoms with Gasteiger partial charge in [0.2, 0.25) is 5.91 Å². The van der Waals surface area contributed by atoms with Gasteiger partial charge in [0, 0.05) is 18.8 Å². The van der Waals surface area contributed by atoms with Crippen LogP contribution in [0.2, 0.25) is 0 Å². The van der Waals surface area contributed by atoms with Crippen molar-refractivity contribution in [2.24, 2.45) is 0 Å². The van der Waals surface area contributed by atoms with Gasteiger partial charge in [-0.1, -0.05) is 0 Å². The SMILES string of the molecule is CCOc1ccc(NC(=O)CN2CCCN(CC(F)(F)F)CC2)cc1. The van der Waals surface area contributed by atoms with Gasteiger partial charge in [0.05, 0.1) is 19.7 Å². The van der Waals surface area contributed by atoms with Crippen molar-refractivity contribution in [1.29, 1.82) is 0 Å². The highest BCUT2D eigenvalue weighted by Crippen LogP contribution is 2.18. The Morgan fingerprint density at radius 1 is 1.12 bits per heavy atom. The molecule has 5 nitrogen and oxygen atoms in total. The standard InChI is InChI=1S/C17H24F3N3O2/c1-2-25-15-6-4-14(5-7-15)21-16(24)12-22-8-3-9-23(11-10-22)13-17(18,19)20/h4-7H,2-3,8-13H2,1H3,(H,21,24). The van der Waals surface area contributed by atoms with Crippen molar-refractivity contribution in [2.75, 3.05) is 51.2 Å². The molecule has 1 fully saturated rings. The zero-order chi connectivity index (χ0) is 18.3. The van der Waals surface area contributed by atoms with Crippen molar-refractivity contribution in [2.45, 2.75) is 19.5 Å². The molecule has 1 saturated heterocycles. The van der Waals surface area contributed by atoms with Gasteiger partial charge < -0.3 is 10.1 Å². The molecule has 1 aliphatic heterocycles. The number of carbonyl (C=O) groups excluding carboxylic acids is 1. The molecule has 2 rings (SSSR count). The second kappa shape index (κ2) is 9.05. The highest BCUT2D eigenvalue weighted by atomic mass is 19.4. The Hall–Kier alpha value is -1.80. The van der Waals surface area contributed by atoms with Crippen molar-refractivity contribution in [3.05, 3.63) is 24.3 Å². The van der Waals surface area contributed by atoms with Gasteiger partial charge in [0.25, 0.3) is 0 Å². The third-order valence-electron chi connectivity index (χ3n) is 3.90. The normalized spacial score (nSPS) is 17.1. The third kappa shape index (κ3) is 7.31. The summed E-state index contributed by atoms with van der Waals surface area (Å²) in [6, 6.07) is 7.08. The fourth-order valence-corrected chi connectivity index (χ4v) is 2.80. The number of benzene rings is 1. The monoisotopic (exact) mass is 359 g/mol. The fraction of sp³-hybridized carbons (Fsp3) is 0.588. The van der Waals surface area contributed by atoms with Gasteiger partial charge in [-0.05, 0) is 50.7 Å². The average Bonchev–Trinajstić information content (AvgIpc) is 2.73. The molecule has 0 radical (unpaired) electrons. The van der Waals surface area contributed by atoms with Crippen molar-refractivity contribution in [3.63, 3.8) is 0 Å². The van der Waals surface area contributed by atoms with E-state index in [0.29, 0.717) is 44.9 Å². The molecule has 0 atom stereocenters. The van der Waals surface area contributed by atoms with E-state index in [4.69, 9.17) is 4.74 Å². The molecule has 1 aromatic carbocycles. The number of nitrogens with one attached hydrogen (secondary N) is 1. The number of rotatable bonds is 6. The number of halogens is 3. The number of alkyl halides is 3. The Morgan fingerprint density at radius 3 is 2.40 bits per heavy atom. The first kappa shape index (κ1) is 19.5. The molecule has 25 heavy (non-hydrogen) atoms. The van der Waals surface area contributed by atoms with Gasteiger partial charge in [0.1, 0.15) is 5.75 Å². The molecule has 0 aliphatic carbocycles. The van der Waals surface area contributed by atoms with E-state index in [0.717, 1.165) is 5.75 Å². The largest absolute Gasteiger partial charge is 0.494 e. The highest BCUT2D eigenvalue weighted by Gasteiger charge is 2.31. The van der Waals surface area contributed by atoms with Crippen LogP contribution in [0.25, 0.3) is 0 Å². The van der Waals surface area contributed by atoms with Crippen molar-refractivity contribution in [1.82, 2.24) is 9.80 Å². The molecule has 0 spiro atoms. The van der Waals surface area contributed by atoms with Crippen LogP contribution in [0.1, 0.15) is 13.3 Å². The first-order chi connectivity index (χ1) is 11.9. The predicted octanol–water partition coefficient (Wildman–Crippen LogP) is 2.59. The summed E-state index contributed by atoms with van der Waals surface area (Å²) in [5.41, 5.74) is 0.668. The van der Waals surface area contributed by atoms with E-state index in [1.165, 1.54) is 4.90 Å². The van der Waals surface area contributed by atoms with Crippen LogP contribution in [0.3, 0.4) is 0 Å². The quantitative estimate of drug-likeness (QED) is 0.848. The van der Waals surface area contributed by atoms with E-state index in [1.807, 2.05) is 11.8 Å². The number of amides is 1. The van der Waals surface area contributed by atoms with Crippen molar-refractivity contribution in [3.8, 4) is 5.75 Å². The van der Waals surface area contributed by atoms with E-state index < -0.39 is 12.7 Å². The van der Waals surface area contributed by atoms with Crippen LogP contribution < -0.4 is 10.1 Å². The third-order valence-corrected chi connectivity index (χ3v) is 3.90. The van der Waals surface area contributed by atoms with Crippen LogP contribution in [0.4, 0.5) is 18.9 Å². The van der Waals surface area contributed by atoms with Crippen LogP contribution in [-0.4, -0.2) is 67.8 Å². The Labute approximate surface area is 145 Å². The first-order valence-corrected chi connectivity index (χ1v) is 8.40. The number of ether oxygens (including phenoxy) is 1. The number of anilines is 1. The van der Waals surface area contributed by atoms with Gasteiger partial charge in [0.15, 0.2) is 0 Å². The molecule has 0 aromatic heterocycles. The molecule has 1 aromatic rings. The Kier molecular flexibility index (Phi) is 7.07. The summed E-state index contributed by atoms with van der Waals surface area (Å²) in [6.45, 7) is 3.54. The molecule has 1 aliphatic rings. The van der Waals surface area contributed by atoms with Gasteiger partial charge in [-0.25, -0.2) is 0 Å². The van der Waals surface area contributed by atoms with Crippen LogP contribution in [0, 0.1) is 0 Å². The van der Waals surface area contributed by atoms with E-state index in [1.54, 1.807) is 24.3 Å². The summed E-state index contributed by atoms with van der Waals surface area (Å²) in [5.74, 6) is 0.561. The van der Waals surface area contributed by atoms with Crippen molar-refractivity contribution >= 4 is 11.6 Å². The van der Waals surface area contributed by atoms with E-state index in [-0.39, 0.29) is 12.5 Å². The summed E-state index contributed by atoms with van der Waals surface area (Å²) in [5, 5.41) is 2.80. The number of nitrogens with zero attached hydrogens (tertiary/aromatic N) is 2. The first-order valence-electron chi connectivity index (χ1n) is 8.40. The minimum Gasteiger partial charge on any atom is -0.494 e. The molecule has 140 valence electrons. The maximum atomic E-state index is 12.5. The Morgan fingerprint density at radius 2 is 1.76 bits per heavy atom. The van der Waals surface area contributed by atoms with Gasteiger partial charge in [-0.15, -0.1) is 0 Å². The van der Waals surface area contributed by atoms with Crippen molar-refractivity contribution < 1.29 is 22.7 Å². The van der Waals surface area contributed by atoms with E-state index in [2.05, 4.69) is 5.32 Å². The lowest BCUT2D eigenvalue weighted by Gasteiger charge is -2.22. The Balaban J connectivity index is 1.78. The van der Waals surface area contributed by atoms with Gasteiger partial charge >= 0.3 is 6.18 Å². The molecule has 1 heterocycles. The number of hydrogen-bond acceptors (Lipinski definition) is 4. The lowest BCUT2D eigenvalue weighted by molar-refractivity contribution is -0.145. The molecule has 1 N–H and O–H groups in total. The zero-order valence-electron chi connectivity index (χ0n) is 14.3. The fourth-order valence-electron chi connectivity index (χ4n) is 2.80. The van der Waals surface area contributed by atoms with E-state index >= 15 is 0 Å². The van der Waals surface area contributed by atoms with Crippen LogP contribution >= 0.6 is 0 Å². The minimum atomic E-state index is -4.18. The maximum absolute atomic E-state index is 12.5. The smallest absolute Gasteiger partial charge is 0.401 e. The molecule has 0 unspecified atom stereocenters.